The van der Waals surface area contributed by atoms with Crippen molar-refractivity contribution in [3.63, 3.8) is 0 Å². The van der Waals surface area contributed by atoms with Crippen LogP contribution in [0.5, 0.6) is 0 Å². The van der Waals surface area contributed by atoms with E-state index in [0.717, 1.165) is 0 Å². The van der Waals surface area contributed by atoms with Gasteiger partial charge >= 0.3 is 6.03 Å². The van der Waals surface area contributed by atoms with Crippen molar-refractivity contribution in [2.45, 2.75) is 18.9 Å². The fourth-order valence-corrected chi connectivity index (χ4v) is 1.20. The molecule has 1 rings (SSSR count). The number of amides is 3. The van der Waals surface area contributed by atoms with Gasteiger partial charge in [-0.05, 0) is 13.5 Å². The van der Waals surface area contributed by atoms with Crippen LogP contribution in [0.4, 0.5) is 4.79 Å². The van der Waals surface area contributed by atoms with Gasteiger partial charge in [0.1, 0.15) is 5.84 Å². The molecule has 0 unspecified atom stereocenters. The Hall–Kier alpha value is -1.43. The molecule has 0 saturated carbocycles. The molecule has 4 N–H and O–H groups in total. The number of likely N-dealkylation sites (N-methyl/N-ethyl adjacent to an activating group) is 1. The quantitative estimate of drug-likeness (QED) is 0.485. The van der Waals surface area contributed by atoms with Crippen LogP contribution in [-0.4, -0.2) is 30.9 Å². The van der Waals surface area contributed by atoms with Crippen molar-refractivity contribution in [2.75, 3.05) is 7.05 Å². The zero-order chi connectivity index (χ0) is 9.84. The lowest BCUT2D eigenvalue weighted by molar-refractivity contribution is -0.122. The van der Waals surface area contributed by atoms with E-state index in [4.69, 9.17) is 5.73 Å². The van der Waals surface area contributed by atoms with Crippen LogP contribution in [0.15, 0.2) is 4.99 Å². The maximum atomic E-state index is 11.2. The number of primary amides is 1. The molecular formula is C7H12N4O2. The first-order valence-electron chi connectivity index (χ1n) is 3.98. The number of carbonyl (C=O) groups is 2. The highest BCUT2D eigenvalue weighted by molar-refractivity contribution is 6.06. The third-order valence-corrected chi connectivity index (χ3v) is 1.85. The van der Waals surface area contributed by atoms with Gasteiger partial charge in [0.05, 0.1) is 6.04 Å². The Balaban J connectivity index is 2.60. The molecule has 0 bridgehead atoms. The molecular weight excluding hydrogens is 172 g/mol. The van der Waals surface area contributed by atoms with Crippen LogP contribution in [0.25, 0.3) is 0 Å². The number of carbonyl (C=O) groups excluding carboxylic acids is 2. The highest BCUT2D eigenvalue weighted by Gasteiger charge is 2.23. The number of aliphatic imine (C=N–C) groups is 1. The summed E-state index contributed by atoms with van der Waals surface area (Å²) in [5.74, 6) is 0.178. The average molecular weight is 184 g/mol. The van der Waals surface area contributed by atoms with E-state index in [1.807, 2.05) is 0 Å². The van der Waals surface area contributed by atoms with Crippen molar-refractivity contribution in [3.05, 3.63) is 0 Å². The predicted octanol–water partition coefficient (Wildman–Crippen LogP) is -1.04. The molecule has 1 aliphatic rings. The van der Waals surface area contributed by atoms with Gasteiger partial charge < -0.3 is 16.4 Å². The molecule has 0 spiro atoms. The second-order valence-electron chi connectivity index (χ2n) is 2.77. The summed E-state index contributed by atoms with van der Waals surface area (Å²) in [6.45, 7) is 0. The van der Waals surface area contributed by atoms with Gasteiger partial charge in [-0.2, -0.15) is 4.99 Å². The summed E-state index contributed by atoms with van der Waals surface area (Å²) in [6.07, 6.45) is 1.19. The lowest BCUT2D eigenvalue weighted by Gasteiger charge is -2.21. The maximum absolute atomic E-state index is 11.2. The number of rotatable bonds is 1. The fourth-order valence-electron chi connectivity index (χ4n) is 1.20. The molecule has 1 saturated heterocycles. The molecule has 13 heavy (non-hydrogen) atoms. The van der Waals surface area contributed by atoms with Crippen molar-refractivity contribution < 1.29 is 9.59 Å². The van der Waals surface area contributed by atoms with E-state index in [9.17, 15) is 9.59 Å². The number of urea groups is 1. The van der Waals surface area contributed by atoms with Crippen LogP contribution in [0.1, 0.15) is 12.8 Å². The first-order valence-corrected chi connectivity index (χ1v) is 3.98. The second kappa shape index (κ2) is 3.99. The molecule has 0 aromatic rings. The van der Waals surface area contributed by atoms with Gasteiger partial charge in [0, 0.05) is 6.42 Å². The Morgan fingerprint density at radius 1 is 1.77 bits per heavy atom. The molecule has 3 amide bonds. The van der Waals surface area contributed by atoms with E-state index in [1.54, 1.807) is 7.05 Å². The molecule has 0 aromatic heterocycles. The zero-order valence-electron chi connectivity index (χ0n) is 7.33. The Labute approximate surface area is 75.6 Å². The Bertz CT molecular complexity index is 261. The molecule has 0 radical (unpaired) electrons. The fraction of sp³-hybridized carbons (Fsp3) is 0.571. The summed E-state index contributed by atoms with van der Waals surface area (Å²) in [6, 6.07) is -0.981. The third kappa shape index (κ3) is 2.51. The van der Waals surface area contributed by atoms with Crippen molar-refractivity contribution in [1.82, 2.24) is 10.6 Å². The molecule has 1 heterocycles. The molecule has 1 fully saturated rings. The van der Waals surface area contributed by atoms with E-state index < -0.39 is 6.03 Å². The predicted molar refractivity (Wildman–Crippen MR) is 47.2 cm³/mol. The maximum Gasteiger partial charge on any atom is 0.339 e. The minimum Gasteiger partial charge on any atom is -0.350 e. The average Bonchev–Trinajstić information content (AvgIpc) is 2.03. The van der Waals surface area contributed by atoms with Crippen LogP contribution in [0, 0.1) is 0 Å². The molecule has 72 valence electrons. The Kier molecular flexibility index (Phi) is 2.97. The van der Waals surface area contributed by atoms with Crippen molar-refractivity contribution in [1.29, 1.82) is 0 Å². The van der Waals surface area contributed by atoms with E-state index >= 15 is 0 Å². The largest absolute Gasteiger partial charge is 0.350 e. The summed E-state index contributed by atoms with van der Waals surface area (Å²) in [7, 11) is 1.71. The van der Waals surface area contributed by atoms with E-state index in [2.05, 4.69) is 15.6 Å². The summed E-state index contributed by atoms with van der Waals surface area (Å²) in [4.78, 5) is 25.1. The first kappa shape index (κ1) is 9.66. The van der Waals surface area contributed by atoms with Crippen molar-refractivity contribution in [2.24, 2.45) is 10.7 Å². The first-order chi connectivity index (χ1) is 6.13. The van der Waals surface area contributed by atoms with Crippen LogP contribution in [-0.2, 0) is 4.79 Å². The highest BCUT2D eigenvalue weighted by atomic mass is 16.2. The third-order valence-electron chi connectivity index (χ3n) is 1.85. The van der Waals surface area contributed by atoms with E-state index in [-0.39, 0.29) is 11.9 Å². The monoisotopic (exact) mass is 184 g/mol. The van der Waals surface area contributed by atoms with Crippen LogP contribution >= 0.6 is 0 Å². The number of piperidine rings is 1. The van der Waals surface area contributed by atoms with Gasteiger partial charge in [0.15, 0.2) is 0 Å². The summed E-state index contributed by atoms with van der Waals surface area (Å²) in [5.41, 5.74) is 4.84. The normalized spacial score (nSPS) is 25.8. The van der Waals surface area contributed by atoms with Crippen LogP contribution in [0.2, 0.25) is 0 Å². The van der Waals surface area contributed by atoms with Gasteiger partial charge in [0.25, 0.3) is 0 Å². The van der Waals surface area contributed by atoms with Crippen LogP contribution in [0.3, 0.4) is 0 Å². The number of hydrogen-bond donors (Lipinski definition) is 3. The van der Waals surface area contributed by atoms with Crippen molar-refractivity contribution >= 4 is 17.8 Å². The molecule has 0 aromatic carbocycles. The van der Waals surface area contributed by atoms with Gasteiger partial charge in [-0.15, -0.1) is 0 Å². The molecule has 1 aliphatic heterocycles. The zero-order valence-corrected chi connectivity index (χ0v) is 7.33. The molecule has 0 aliphatic carbocycles. The minimum atomic E-state index is -0.779. The summed E-state index contributed by atoms with van der Waals surface area (Å²) < 4.78 is 0. The van der Waals surface area contributed by atoms with Gasteiger partial charge in [-0.1, -0.05) is 0 Å². The van der Waals surface area contributed by atoms with Crippen LogP contribution < -0.4 is 16.4 Å². The number of nitrogens with zero attached hydrogens (tertiary/aromatic N) is 1. The molecule has 6 heteroatoms. The number of amidine groups is 1. The van der Waals surface area contributed by atoms with Gasteiger partial charge in [0.2, 0.25) is 5.91 Å². The Morgan fingerprint density at radius 3 is 2.92 bits per heavy atom. The smallest absolute Gasteiger partial charge is 0.339 e. The molecule has 1 atom stereocenters. The molecule has 6 nitrogen and oxygen atoms in total. The second-order valence-corrected chi connectivity index (χ2v) is 2.77. The number of nitrogens with two attached hydrogens (primary N) is 1. The lowest BCUT2D eigenvalue weighted by Crippen LogP contribution is -2.49. The topological polar surface area (TPSA) is 96.6 Å². The minimum absolute atomic E-state index is 0.172. The SMILES string of the molecule is CN[C@H]1CC/C(=N/C(N)=O)NC1=O. The highest BCUT2D eigenvalue weighted by Crippen LogP contribution is 2.04. The van der Waals surface area contributed by atoms with Gasteiger partial charge in [-0.3, -0.25) is 4.79 Å². The number of hydrogen-bond acceptors (Lipinski definition) is 3. The van der Waals surface area contributed by atoms with Gasteiger partial charge in [-0.25, -0.2) is 4.79 Å². The van der Waals surface area contributed by atoms with Crippen molar-refractivity contribution in [3.8, 4) is 0 Å². The van der Waals surface area contributed by atoms with E-state index in [0.29, 0.717) is 18.7 Å². The summed E-state index contributed by atoms with van der Waals surface area (Å²) in [5, 5.41) is 5.34. The number of nitrogens with one attached hydrogen (secondary N) is 2. The standard InChI is InChI=1S/C7H12N4O2/c1-9-4-2-3-5(10-6(4)12)11-7(8)13/h4,9H,2-3H2,1H3,(H3,8,10,11,12,13)/t4-/m0/s1. The Morgan fingerprint density at radius 2 is 2.46 bits per heavy atom. The van der Waals surface area contributed by atoms with E-state index in [1.165, 1.54) is 0 Å². The summed E-state index contributed by atoms with van der Waals surface area (Å²) >= 11 is 0. The lowest BCUT2D eigenvalue weighted by atomic mass is 10.1.